The van der Waals surface area contributed by atoms with Gasteiger partial charge in [0.2, 0.25) is 10.0 Å². The normalized spacial score (nSPS) is 14.9. The molecule has 3 rings (SSSR count). The quantitative estimate of drug-likeness (QED) is 0.669. The van der Waals surface area contributed by atoms with Crippen LogP contribution in [0.4, 0.5) is 9.18 Å². The summed E-state index contributed by atoms with van der Waals surface area (Å²) in [5, 5.41) is 5.41. The third-order valence-electron chi connectivity index (χ3n) is 4.70. The summed E-state index contributed by atoms with van der Waals surface area (Å²) >= 11 is 0. The number of hydrogen-bond donors (Lipinski definition) is 2. The van der Waals surface area contributed by atoms with Gasteiger partial charge in [-0.1, -0.05) is 30.3 Å². The lowest BCUT2D eigenvalue weighted by atomic mass is 10.2. The molecule has 0 aromatic heterocycles. The van der Waals surface area contributed by atoms with Crippen LogP contribution in [0.5, 0.6) is 0 Å². The smallest absolute Gasteiger partial charge is 0.317 e. The fourth-order valence-corrected chi connectivity index (χ4v) is 4.56. The molecule has 0 aliphatic carbocycles. The lowest BCUT2D eigenvalue weighted by molar-refractivity contribution is 0.0953. The van der Waals surface area contributed by atoms with E-state index in [2.05, 4.69) is 10.6 Å². The van der Waals surface area contributed by atoms with E-state index < -0.39 is 15.8 Å². The van der Waals surface area contributed by atoms with E-state index in [1.54, 1.807) is 24.3 Å². The Kier molecular flexibility index (Phi) is 7.01. The molecule has 0 bridgehead atoms. The van der Waals surface area contributed by atoms with E-state index in [1.807, 2.05) is 6.07 Å². The minimum atomic E-state index is -3.95. The zero-order valence-electron chi connectivity index (χ0n) is 16.3. The number of halogens is 1. The van der Waals surface area contributed by atoms with Gasteiger partial charge in [0.1, 0.15) is 10.7 Å². The number of carbonyl (C=O) groups excluding carboxylic acids is 2. The topological polar surface area (TPSA) is 98.8 Å². The second kappa shape index (κ2) is 9.68. The monoisotopic (exact) mass is 434 g/mol. The van der Waals surface area contributed by atoms with E-state index in [9.17, 15) is 22.4 Å². The van der Waals surface area contributed by atoms with Gasteiger partial charge in [-0.2, -0.15) is 4.31 Å². The molecule has 3 amide bonds. The van der Waals surface area contributed by atoms with Crippen molar-refractivity contribution in [3.8, 4) is 0 Å². The zero-order valence-corrected chi connectivity index (χ0v) is 17.1. The molecule has 1 saturated heterocycles. The average Bonchev–Trinajstić information content (AvgIpc) is 2.77. The lowest BCUT2D eigenvalue weighted by Gasteiger charge is -2.34. The highest BCUT2D eigenvalue weighted by Crippen LogP contribution is 2.20. The van der Waals surface area contributed by atoms with E-state index in [1.165, 1.54) is 27.4 Å². The Labute approximate surface area is 174 Å². The molecule has 10 heteroatoms. The van der Waals surface area contributed by atoms with Crippen LogP contribution in [0, 0.1) is 5.82 Å². The summed E-state index contributed by atoms with van der Waals surface area (Å²) in [6.45, 7) is 1.04. The first-order valence-corrected chi connectivity index (χ1v) is 10.9. The van der Waals surface area contributed by atoms with Gasteiger partial charge in [-0.3, -0.25) is 4.79 Å². The summed E-state index contributed by atoms with van der Waals surface area (Å²) in [6, 6.07) is 13.6. The molecule has 1 fully saturated rings. The molecule has 1 heterocycles. The summed E-state index contributed by atoms with van der Waals surface area (Å²) in [4.78, 5) is 25.3. The number of benzene rings is 2. The largest absolute Gasteiger partial charge is 0.350 e. The number of piperazine rings is 1. The van der Waals surface area contributed by atoms with Crippen LogP contribution in [-0.4, -0.2) is 68.8 Å². The number of urea groups is 1. The van der Waals surface area contributed by atoms with Crippen LogP contribution < -0.4 is 10.6 Å². The SMILES string of the molecule is O=C(NCCNC(=O)N1CCN(S(=O)(=O)c2ccccc2F)CC1)c1ccccc1. The summed E-state index contributed by atoms with van der Waals surface area (Å²) in [5.74, 6) is -1.02. The van der Waals surface area contributed by atoms with E-state index in [-0.39, 0.29) is 56.1 Å². The van der Waals surface area contributed by atoms with Crippen molar-refractivity contribution in [2.24, 2.45) is 0 Å². The van der Waals surface area contributed by atoms with Gasteiger partial charge in [0, 0.05) is 44.8 Å². The molecule has 1 aliphatic rings. The molecule has 2 N–H and O–H groups in total. The molecular formula is C20H23FN4O4S. The van der Waals surface area contributed by atoms with Crippen molar-refractivity contribution in [1.29, 1.82) is 0 Å². The van der Waals surface area contributed by atoms with Gasteiger partial charge in [0.25, 0.3) is 5.91 Å². The second-order valence-corrected chi connectivity index (χ2v) is 8.58. The van der Waals surface area contributed by atoms with Gasteiger partial charge < -0.3 is 15.5 Å². The van der Waals surface area contributed by atoms with Crippen molar-refractivity contribution in [3.05, 3.63) is 66.0 Å². The van der Waals surface area contributed by atoms with Gasteiger partial charge in [0.05, 0.1) is 0 Å². The summed E-state index contributed by atoms with van der Waals surface area (Å²) in [6.07, 6.45) is 0. The van der Waals surface area contributed by atoms with Gasteiger partial charge in [-0.15, -0.1) is 0 Å². The Morgan fingerprint density at radius 3 is 2.13 bits per heavy atom. The van der Waals surface area contributed by atoms with Crippen molar-refractivity contribution in [2.75, 3.05) is 39.3 Å². The maximum atomic E-state index is 13.9. The van der Waals surface area contributed by atoms with Crippen LogP contribution in [0.1, 0.15) is 10.4 Å². The highest BCUT2D eigenvalue weighted by atomic mass is 32.2. The van der Waals surface area contributed by atoms with Gasteiger partial charge in [-0.25, -0.2) is 17.6 Å². The molecule has 0 radical (unpaired) electrons. The van der Waals surface area contributed by atoms with Crippen molar-refractivity contribution < 1.29 is 22.4 Å². The van der Waals surface area contributed by atoms with Crippen LogP contribution >= 0.6 is 0 Å². The Morgan fingerprint density at radius 1 is 0.867 bits per heavy atom. The third kappa shape index (κ3) is 5.14. The molecule has 2 aromatic carbocycles. The highest BCUT2D eigenvalue weighted by molar-refractivity contribution is 7.89. The molecule has 160 valence electrons. The van der Waals surface area contributed by atoms with Crippen LogP contribution in [-0.2, 0) is 10.0 Å². The van der Waals surface area contributed by atoms with Crippen LogP contribution in [0.2, 0.25) is 0 Å². The summed E-state index contributed by atoms with van der Waals surface area (Å²) < 4.78 is 40.3. The Bertz CT molecular complexity index is 993. The Balaban J connectivity index is 1.43. The molecule has 30 heavy (non-hydrogen) atoms. The second-order valence-electron chi connectivity index (χ2n) is 6.68. The average molecular weight is 434 g/mol. The first kappa shape index (κ1) is 21.7. The van der Waals surface area contributed by atoms with Crippen molar-refractivity contribution in [1.82, 2.24) is 19.8 Å². The fraction of sp³-hybridized carbons (Fsp3) is 0.300. The van der Waals surface area contributed by atoms with Crippen LogP contribution in [0.25, 0.3) is 0 Å². The van der Waals surface area contributed by atoms with E-state index >= 15 is 0 Å². The highest BCUT2D eigenvalue weighted by Gasteiger charge is 2.31. The maximum Gasteiger partial charge on any atom is 0.317 e. The number of carbonyl (C=O) groups is 2. The van der Waals surface area contributed by atoms with Gasteiger partial charge in [0.15, 0.2) is 0 Å². The first-order chi connectivity index (χ1) is 14.4. The summed E-state index contributed by atoms with van der Waals surface area (Å²) in [5.41, 5.74) is 0.538. The molecule has 0 saturated carbocycles. The molecule has 0 spiro atoms. The van der Waals surface area contributed by atoms with Crippen molar-refractivity contribution in [3.63, 3.8) is 0 Å². The number of sulfonamides is 1. The van der Waals surface area contributed by atoms with Crippen LogP contribution in [0.15, 0.2) is 59.5 Å². The van der Waals surface area contributed by atoms with Crippen molar-refractivity contribution in [2.45, 2.75) is 4.90 Å². The van der Waals surface area contributed by atoms with Gasteiger partial charge >= 0.3 is 6.03 Å². The molecule has 8 nitrogen and oxygen atoms in total. The first-order valence-electron chi connectivity index (χ1n) is 9.50. The molecule has 2 aromatic rings. The number of amides is 3. The minimum absolute atomic E-state index is 0.0782. The molecular weight excluding hydrogens is 411 g/mol. The fourth-order valence-electron chi connectivity index (χ4n) is 3.07. The minimum Gasteiger partial charge on any atom is -0.350 e. The molecule has 1 aliphatic heterocycles. The molecule has 0 atom stereocenters. The zero-order chi connectivity index (χ0) is 21.6. The number of nitrogens with one attached hydrogen (secondary N) is 2. The predicted octanol–water partition coefficient (Wildman–Crippen LogP) is 1.27. The van der Waals surface area contributed by atoms with E-state index in [4.69, 9.17) is 0 Å². The standard InChI is InChI=1S/C20H23FN4O4S/c21-17-8-4-5-9-18(17)30(28,29)25-14-12-24(13-15-25)20(27)23-11-10-22-19(26)16-6-2-1-3-7-16/h1-9H,10-15H2,(H,22,26)(H,23,27). The van der Waals surface area contributed by atoms with Gasteiger partial charge in [-0.05, 0) is 24.3 Å². The van der Waals surface area contributed by atoms with E-state index in [0.29, 0.717) is 5.56 Å². The third-order valence-corrected chi connectivity index (χ3v) is 6.63. The summed E-state index contributed by atoms with van der Waals surface area (Å²) in [7, 11) is -3.95. The van der Waals surface area contributed by atoms with Crippen LogP contribution in [0.3, 0.4) is 0 Å². The predicted molar refractivity (Wildman–Crippen MR) is 109 cm³/mol. The Morgan fingerprint density at radius 2 is 1.47 bits per heavy atom. The van der Waals surface area contributed by atoms with Crippen molar-refractivity contribution >= 4 is 22.0 Å². The number of hydrogen-bond acceptors (Lipinski definition) is 4. The molecule has 0 unspecified atom stereocenters. The lowest BCUT2D eigenvalue weighted by Crippen LogP contribution is -2.53. The number of nitrogens with zero attached hydrogens (tertiary/aromatic N) is 2. The Hall–Kier alpha value is -2.98. The van der Waals surface area contributed by atoms with E-state index in [0.717, 1.165) is 6.07 Å². The number of rotatable bonds is 6. The maximum absolute atomic E-state index is 13.9.